The van der Waals surface area contributed by atoms with Crippen LogP contribution in [0.25, 0.3) is 0 Å². The van der Waals surface area contributed by atoms with Crippen LogP contribution in [0.15, 0.2) is 35.1 Å². The lowest BCUT2D eigenvalue weighted by molar-refractivity contribution is 0.213. The Morgan fingerprint density at radius 2 is 2.17 bits per heavy atom. The Morgan fingerprint density at radius 3 is 2.96 bits per heavy atom. The van der Waals surface area contributed by atoms with Gasteiger partial charge in [-0.3, -0.25) is 0 Å². The van der Waals surface area contributed by atoms with E-state index in [0.29, 0.717) is 24.2 Å². The van der Waals surface area contributed by atoms with Gasteiger partial charge in [-0.15, -0.1) is 0 Å². The quantitative estimate of drug-likeness (QED) is 0.819. The maximum Gasteiger partial charge on any atom is 0.316 e. The van der Waals surface area contributed by atoms with Gasteiger partial charge in [0, 0.05) is 31.4 Å². The topological polar surface area (TPSA) is 74.9 Å². The van der Waals surface area contributed by atoms with Crippen molar-refractivity contribution in [2.24, 2.45) is 5.92 Å². The summed E-state index contributed by atoms with van der Waals surface area (Å²) in [6.07, 6.45) is 5.53. The van der Waals surface area contributed by atoms with Gasteiger partial charge in [-0.1, -0.05) is 6.07 Å². The maximum atomic E-state index is 8.97. The predicted octanol–water partition coefficient (Wildman–Crippen LogP) is 2.80. The Kier molecular flexibility index (Phi) is 5.03. The number of anilines is 1. The van der Waals surface area contributed by atoms with Crippen molar-refractivity contribution in [3.05, 3.63) is 40.8 Å². The van der Waals surface area contributed by atoms with Crippen LogP contribution in [-0.2, 0) is 0 Å². The van der Waals surface area contributed by atoms with Crippen molar-refractivity contribution < 1.29 is 4.74 Å². The van der Waals surface area contributed by atoms with Gasteiger partial charge in [-0.05, 0) is 40.9 Å². The maximum absolute atomic E-state index is 8.97. The van der Waals surface area contributed by atoms with Crippen molar-refractivity contribution in [2.75, 3.05) is 24.6 Å². The summed E-state index contributed by atoms with van der Waals surface area (Å²) in [6.45, 7) is 2.39. The Hall–Kier alpha value is -2.20. The third-order valence-electron chi connectivity index (χ3n) is 3.74. The van der Waals surface area contributed by atoms with E-state index >= 15 is 0 Å². The average Bonchev–Trinajstić information content (AvgIpc) is 2.61. The van der Waals surface area contributed by atoms with E-state index in [1.807, 2.05) is 12.1 Å². The first-order chi connectivity index (χ1) is 11.2. The van der Waals surface area contributed by atoms with Gasteiger partial charge in [-0.25, -0.2) is 15.0 Å². The summed E-state index contributed by atoms with van der Waals surface area (Å²) in [5.74, 6) is 1.25. The highest BCUT2D eigenvalue weighted by Gasteiger charge is 2.22. The minimum atomic E-state index is 0.392. The summed E-state index contributed by atoms with van der Waals surface area (Å²) in [5.41, 5.74) is 0.448. The number of nitrogens with zero attached hydrogens (tertiary/aromatic N) is 5. The van der Waals surface area contributed by atoms with E-state index in [9.17, 15) is 0 Å². The fourth-order valence-corrected chi connectivity index (χ4v) is 2.84. The van der Waals surface area contributed by atoms with E-state index in [4.69, 9.17) is 10.00 Å². The number of piperidine rings is 1. The van der Waals surface area contributed by atoms with Crippen LogP contribution in [0.3, 0.4) is 0 Å². The molecule has 0 radical (unpaired) electrons. The van der Waals surface area contributed by atoms with Crippen molar-refractivity contribution in [3.63, 3.8) is 0 Å². The van der Waals surface area contributed by atoms with Crippen LogP contribution in [0.1, 0.15) is 18.5 Å². The number of aromatic nitrogens is 3. The molecule has 1 unspecified atom stereocenters. The first kappa shape index (κ1) is 15.7. The van der Waals surface area contributed by atoms with Gasteiger partial charge in [0.15, 0.2) is 0 Å². The number of hydrogen-bond donors (Lipinski definition) is 0. The Bertz CT molecular complexity index is 700. The lowest BCUT2D eigenvalue weighted by Gasteiger charge is -2.33. The fourth-order valence-electron chi connectivity index (χ4n) is 2.64. The van der Waals surface area contributed by atoms with Gasteiger partial charge < -0.3 is 9.64 Å². The van der Waals surface area contributed by atoms with E-state index in [0.717, 1.165) is 36.2 Å². The van der Waals surface area contributed by atoms with E-state index < -0.39 is 0 Å². The fraction of sp³-hybridized carbons (Fsp3) is 0.375. The third-order valence-corrected chi connectivity index (χ3v) is 4.15. The van der Waals surface area contributed by atoms with Crippen LogP contribution in [0, 0.1) is 17.2 Å². The average molecular weight is 374 g/mol. The molecule has 0 aliphatic carbocycles. The Labute approximate surface area is 143 Å². The molecule has 1 aliphatic heterocycles. The molecule has 7 heteroatoms. The molecule has 1 saturated heterocycles. The van der Waals surface area contributed by atoms with Crippen LogP contribution >= 0.6 is 15.9 Å². The summed E-state index contributed by atoms with van der Waals surface area (Å²) < 4.78 is 6.52. The summed E-state index contributed by atoms with van der Waals surface area (Å²) >= 11 is 3.30. The van der Waals surface area contributed by atoms with Crippen molar-refractivity contribution in [2.45, 2.75) is 12.8 Å². The SMILES string of the molecule is N#Cc1cccc(N2CCCC(COc3ncc(Br)cn3)C2)n1. The molecule has 23 heavy (non-hydrogen) atoms. The first-order valence-corrected chi connectivity index (χ1v) is 8.26. The largest absolute Gasteiger partial charge is 0.463 e. The van der Waals surface area contributed by atoms with E-state index in [1.165, 1.54) is 0 Å². The van der Waals surface area contributed by atoms with E-state index in [1.54, 1.807) is 18.5 Å². The lowest BCUT2D eigenvalue weighted by atomic mass is 9.99. The molecule has 3 heterocycles. The Balaban J connectivity index is 1.59. The third kappa shape index (κ3) is 4.17. The highest BCUT2D eigenvalue weighted by molar-refractivity contribution is 9.10. The van der Waals surface area contributed by atoms with Gasteiger partial charge in [0.05, 0.1) is 11.1 Å². The molecular weight excluding hydrogens is 358 g/mol. The monoisotopic (exact) mass is 373 g/mol. The van der Waals surface area contributed by atoms with Gasteiger partial charge in [0.1, 0.15) is 17.6 Å². The standard InChI is InChI=1S/C16H16BrN5O/c17-13-8-19-16(20-9-13)23-11-12-3-2-6-22(10-12)15-5-1-4-14(7-18)21-15/h1,4-5,8-9,12H,2-3,6,10-11H2. The van der Waals surface area contributed by atoms with Crippen molar-refractivity contribution >= 4 is 21.7 Å². The highest BCUT2D eigenvalue weighted by atomic mass is 79.9. The second-order valence-corrected chi connectivity index (χ2v) is 6.36. The van der Waals surface area contributed by atoms with E-state index in [2.05, 4.69) is 41.9 Å². The van der Waals surface area contributed by atoms with Gasteiger partial charge in [0.25, 0.3) is 0 Å². The minimum Gasteiger partial charge on any atom is -0.463 e. The number of pyridine rings is 1. The molecule has 0 saturated carbocycles. The van der Waals surface area contributed by atoms with Crippen LogP contribution in [-0.4, -0.2) is 34.6 Å². The highest BCUT2D eigenvalue weighted by Crippen LogP contribution is 2.22. The molecule has 0 N–H and O–H groups in total. The molecule has 1 aliphatic rings. The smallest absolute Gasteiger partial charge is 0.316 e. The van der Waals surface area contributed by atoms with Crippen LogP contribution < -0.4 is 9.64 Å². The van der Waals surface area contributed by atoms with Crippen LogP contribution in [0.4, 0.5) is 5.82 Å². The molecule has 1 atom stereocenters. The molecule has 1 fully saturated rings. The molecule has 0 bridgehead atoms. The van der Waals surface area contributed by atoms with Crippen molar-refractivity contribution in [3.8, 4) is 12.1 Å². The summed E-state index contributed by atoms with van der Waals surface area (Å²) in [7, 11) is 0. The molecule has 2 aromatic heterocycles. The molecular formula is C16H16BrN5O. The summed E-state index contributed by atoms with van der Waals surface area (Å²) in [6, 6.07) is 8.02. The zero-order chi connectivity index (χ0) is 16.1. The number of rotatable bonds is 4. The second-order valence-electron chi connectivity index (χ2n) is 5.44. The van der Waals surface area contributed by atoms with E-state index in [-0.39, 0.29) is 0 Å². The number of ether oxygens (including phenoxy) is 1. The number of nitriles is 1. The molecule has 118 valence electrons. The van der Waals surface area contributed by atoms with Crippen LogP contribution in [0.2, 0.25) is 0 Å². The number of hydrogen-bond acceptors (Lipinski definition) is 6. The Morgan fingerprint density at radius 1 is 1.35 bits per heavy atom. The van der Waals surface area contributed by atoms with Gasteiger partial charge in [-0.2, -0.15) is 5.26 Å². The molecule has 2 aromatic rings. The normalized spacial score (nSPS) is 17.6. The first-order valence-electron chi connectivity index (χ1n) is 7.47. The zero-order valence-electron chi connectivity index (χ0n) is 12.5. The molecule has 0 spiro atoms. The van der Waals surface area contributed by atoms with Crippen molar-refractivity contribution in [1.29, 1.82) is 5.26 Å². The molecule has 6 nitrogen and oxygen atoms in total. The molecule has 3 rings (SSSR count). The zero-order valence-corrected chi connectivity index (χ0v) is 14.1. The molecule has 0 aromatic carbocycles. The summed E-state index contributed by atoms with van der Waals surface area (Å²) in [5, 5.41) is 8.97. The summed E-state index contributed by atoms with van der Waals surface area (Å²) in [4.78, 5) is 14.8. The minimum absolute atomic E-state index is 0.392. The lowest BCUT2D eigenvalue weighted by Crippen LogP contribution is -2.38. The van der Waals surface area contributed by atoms with Gasteiger partial charge >= 0.3 is 6.01 Å². The van der Waals surface area contributed by atoms with Crippen molar-refractivity contribution in [1.82, 2.24) is 15.0 Å². The number of halogens is 1. The molecule has 0 amide bonds. The second kappa shape index (κ2) is 7.38. The van der Waals surface area contributed by atoms with Crippen LogP contribution in [0.5, 0.6) is 6.01 Å². The predicted molar refractivity (Wildman–Crippen MR) is 89.1 cm³/mol. The van der Waals surface area contributed by atoms with Gasteiger partial charge in [0.2, 0.25) is 0 Å².